The van der Waals surface area contributed by atoms with Gasteiger partial charge in [0.05, 0.1) is 6.20 Å². The third-order valence-electron chi connectivity index (χ3n) is 2.88. The number of H-pyrrole nitrogens is 1. The molecule has 0 aromatic carbocycles. The van der Waals surface area contributed by atoms with Gasteiger partial charge in [-0.3, -0.25) is 14.9 Å². The Balaban J connectivity index is 0.00000200. The zero-order chi connectivity index (χ0) is 13.5. The topological polar surface area (TPSA) is 70.7 Å². The molecule has 0 aliphatic rings. The van der Waals surface area contributed by atoms with Crippen LogP contribution < -0.4 is 5.32 Å². The molecule has 2 aromatic rings. The Labute approximate surface area is 124 Å². The number of carbonyl (C=O) groups excluding carboxylic acids is 1. The minimum Gasteiger partial charge on any atom is -0.306 e. The average Bonchev–Trinajstić information content (AvgIpc) is 2.93. The molecule has 0 fully saturated rings. The first kappa shape index (κ1) is 16.2. The van der Waals surface area contributed by atoms with E-state index < -0.39 is 0 Å². The number of aromatic nitrogens is 3. The molecule has 108 valence electrons. The molecule has 0 unspecified atom stereocenters. The summed E-state index contributed by atoms with van der Waals surface area (Å²) in [6, 6.07) is 5.41. The van der Waals surface area contributed by atoms with E-state index in [1.165, 1.54) is 18.4 Å². The van der Waals surface area contributed by atoms with Gasteiger partial charge in [-0.1, -0.05) is 25.8 Å². The Morgan fingerprint density at radius 3 is 2.75 bits per heavy atom. The number of aromatic amines is 1. The van der Waals surface area contributed by atoms with Gasteiger partial charge in [0.15, 0.2) is 0 Å². The SMILES string of the molecule is CCCCCc1ccc(C(=O)Nc2ccn[nH]2)nc1.Cl. The average molecular weight is 295 g/mol. The first-order chi connectivity index (χ1) is 9.29. The lowest BCUT2D eigenvalue weighted by atomic mass is 10.1. The molecule has 0 aliphatic carbocycles. The highest BCUT2D eigenvalue weighted by molar-refractivity contribution is 6.02. The summed E-state index contributed by atoms with van der Waals surface area (Å²) in [5, 5.41) is 9.13. The van der Waals surface area contributed by atoms with E-state index in [2.05, 4.69) is 27.4 Å². The van der Waals surface area contributed by atoms with Crippen molar-refractivity contribution in [3.8, 4) is 0 Å². The molecule has 2 heterocycles. The number of hydrogen-bond donors (Lipinski definition) is 2. The van der Waals surface area contributed by atoms with Crippen LogP contribution in [-0.4, -0.2) is 21.1 Å². The first-order valence-electron chi connectivity index (χ1n) is 6.55. The van der Waals surface area contributed by atoms with Gasteiger partial charge in [0, 0.05) is 12.3 Å². The molecule has 0 saturated carbocycles. The summed E-state index contributed by atoms with van der Waals surface area (Å²) >= 11 is 0. The van der Waals surface area contributed by atoms with Crippen LogP contribution in [0.5, 0.6) is 0 Å². The lowest BCUT2D eigenvalue weighted by Gasteiger charge is -2.03. The van der Waals surface area contributed by atoms with E-state index in [9.17, 15) is 4.79 Å². The van der Waals surface area contributed by atoms with Crippen LogP contribution in [0.15, 0.2) is 30.6 Å². The van der Waals surface area contributed by atoms with Gasteiger partial charge in [-0.05, 0) is 24.5 Å². The van der Waals surface area contributed by atoms with E-state index >= 15 is 0 Å². The predicted molar refractivity (Wildman–Crippen MR) is 81.3 cm³/mol. The fourth-order valence-electron chi connectivity index (χ4n) is 1.80. The largest absolute Gasteiger partial charge is 0.306 e. The second-order valence-corrected chi connectivity index (χ2v) is 4.43. The summed E-state index contributed by atoms with van der Waals surface area (Å²) in [5.74, 6) is 0.336. The highest BCUT2D eigenvalue weighted by atomic mass is 35.5. The van der Waals surface area contributed by atoms with Crippen LogP contribution in [0.25, 0.3) is 0 Å². The Morgan fingerprint density at radius 1 is 1.30 bits per heavy atom. The number of rotatable bonds is 6. The van der Waals surface area contributed by atoms with Crippen LogP contribution in [-0.2, 0) is 6.42 Å². The second kappa shape index (κ2) is 8.32. The smallest absolute Gasteiger partial charge is 0.275 e. The molecule has 0 radical (unpaired) electrons. The van der Waals surface area contributed by atoms with Crippen molar-refractivity contribution in [2.75, 3.05) is 5.32 Å². The van der Waals surface area contributed by atoms with Crippen LogP contribution in [0.1, 0.15) is 42.2 Å². The van der Waals surface area contributed by atoms with Gasteiger partial charge in [-0.25, -0.2) is 0 Å². The number of anilines is 1. The van der Waals surface area contributed by atoms with Gasteiger partial charge in [0.1, 0.15) is 11.5 Å². The molecule has 6 heteroatoms. The minimum atomic E-state index is -0.232. The molecule has 0 aliphatic heterocycles. The molecule has 5 nitrogen and oxygen atoms in total. The number of unbranched alkanes of at least 4 members (excludes halogenated alkanes) is 2. The number of halogens is 1. The van der Waals surface area contributed by atoms with Gasteiger partial charge in [-0.15, -0.1) is 12.4 Å². The van der Waals surface area contributed by atoms with Crippen molar-refractivity contribution in [3.63, 3.8) is 0 Å². The minimum absolute atomic E-state index is 0. The normalized spacial score (nSPS) is 9.85. The second-order valence-electron chi connectivity index (χ2n) is 4.43. The first-order valence-corrected chi connectivity index (χ1v) is 6.55. The molecule has 20 heavy (non-hydrogen) atoms. The summed E-state index contributed by atoms with van der Waals surface area (Å²) in [5.41, 5.74) is 1.58. The quantitative estimate of drug-likeness (QED) is 0.804. The zero-order valence-electron chi connectivity index (χ0n) is 11.4. The van der Waals surface area contributed by atoms with Crippen LogP contribution >= 0.6 is 12.4 Å². The third kappa shape index (κ3) is 4.66. The number of nitrogens with zero attached hydrogens (tertiary/aromatic N) is 2. The number of hydrogen-bond acceptors (Lipinski definition) is 3. The Bertz CT molecular complexity index is 510. The van der Waals surface area contributed by atoms with E-state index in [1.807, 2.05) is 6.07 Å². The molecule has 0 bridgehead atoms. The summed E-state index contributed by atoms with van der Waals surface area (Å²) in [6.45, 7) is 2.18. The van der Waals surface area contributed by atoms with Crippen molar-refractivity contribution in [1.29, 1.82) is 0 Å². The monoisotopic (exact) mass is 294 g/mol. The Hall–Kier alpha value is -1.88. The van der Waals surface area contributed by atoms with E-state index in [1.54, 1.807) is 24.5 Å². The van der Waals surface area contributed by atoms with Crippen molar-refractivity contribution >= 4 is 24.1 Å². The lowest BCUT2D eigenvalue weighted by Crippen LogP contribution is -2.13. The van der Waals surface area contributed by atoms with Crippen LogP contribution in [0, 0.1) is 0 Å². The van der Waals surface area contributed by atoms with Gasteiger partial charge in [0.25, 0.3) is 5.91 Å². The molecule has 0 atom stereocenters. The molecule has 0 saturated heterocycles. The van der Waals surface area contributed by atoms with Gasteiger partial charge in [0.2, 0.25) is 0 Å². The highest BCUT2D eigenvalue weighted by Gasteiger charge is 2.07. The Morgan fingerprint density at radius 2 is 2.15 bits per heavy atom. The molecule has 1 amide bonds. The third-order valence-corrected chi connectivity index (χ3v) is 2.88. The van der Waals surface area contributed by atoms with Gasteiger partial charge >= 0.3 is 0 Å². The summed E-state index contributed by atoms with van der Waals surface area (Å²) in [7, 11) is 0. The van der Waals surface area contributed by atoms with Gasteiger partial charge in [-0.2, -0.15) is 5.10 Å². The molecule has 2 aromatic heterocycles. The van der Waals surface area contributed by atoms with E-state index in [0.29, 0.717) is 11.5 Å². The fourth-order valence-corrected chi connectivity index (χ4v) is 1.80. The van der Waals surface area contributed by atoms with Gasteiger partial charge < -0.3 is 5.32 Å². The standard InChI is InChI=1S/C14H18N4O.ClH/c1-2-3-4-5-11-6-7-12(15-10-11)14(19)17-13-8-9-16-18-13;/h6-10H,2-5H2,1H3,(H2,16,17,18,19);1H. The number of amides is 1. The van der Waals surface area contributed by atoms with Crippen molar-refractivity contribution < 1.29 is 4.79 Å². The zero-order valence-corrected chi connectivity index (χ0v) is 12.2. The molecule has 2 N–H and O–H groups in total. The highest BCUT2D eigenvalue weighted by Crippen LogP contribution is 2.08. The maximum Gasteiger partial charge on any atom is 0.275 e. The number of nitrogens with one attached hydrogen (secondary N) is 2. The van der Waals surface area contributed by atoms with Crippen LogP contribution in [0.4, 0.5) is 5.82 Å². The van der Waals surface area contributed by atoms with Crippen molar-refractivity contribution in [2.24, 2.45) is 0 Å². The predicted octanol–water partition coefficient (Wildman–Crippen LogP) is 3.21. The maximum absolute atomic E-state index is 11.9. The summed E-state index contributed by atoms with van der Waals surface area (Å²) < 4.78 is 0. The van der Waals surface area contributed by atoms with Crippen molar-refractivity contribution in [1.82, 2.24) is 15.2 Å². The van der Waals surface area contributed by atoms with E-state index in [-0.39, 0.29) is 18.3 Å². The summed E-state index contributed by atoms with van der Waals surface area (Å²) in [4.78, 5) is 16.1. The summed E-state index contributed by atoms with van der Waals surface area (Å²) in [6.07, 6.45) is 7.97. The number of pyridine rings is 1. The van der Waals surface area contributed by atoms with Crippen LogP contribution in [0.3, 0.4) is 0 Å². The fraction of sp³-hybridized carbons (Fsp3) is 0.357. The Kier molecular flexibility index (Phi) is 6.73. The lowest BCUT2D eigenvalue weighted by molar-refractivity contribution is 0.102. The molecule has 0 spiro atoms. The van der Waals surface area contributed by atoms with Crippen molar-refractivity contribution in [3.05, 3.63) is 41.9 Å². The van der Waals surface area contributed by atoms with Crippen LogP contribution in [0.2, 0.25) is 0 Å². The number of aryl methyl sites for hydroxylation is 1. The molecular formula is C14H19ClN4O. The van der Waals surface area contributed by atoms with E-state index in [4.69, 9.17) is 0 Å². The van der Waals surface area contributed by atoms with Crippen molar-refractivity contribution in [2.45, 2.75) is 32.6 Å². The number of carbonyl (C=O) groups is 1. The molecule has 2 rings (SSSR count). The maximum atomic E-state index is 11.9. The van der Waals surface area contributed by atoms with E-state index in [0.717, 1.165) is 12.8 Å². The molecular weight excluding hydrogens is 276 g/mol.